The van der Waals surface area contributed by atoms with Crippen LogP contribution in [0, 0.1) is 0 Å². The van der Waals surface area contributed by atoms with Gasteiger partial charge in [0.1, 0.15) is 0 Å². The Morgan fingerprint density at radius 3 is 2.33 bits per heavy atom. The highest BCUT2D eigenvalue weighted by Crippen LogP contribution is 2.18. The third-order valence-corrected chi connectivity index (χ3v) is 1.88. The molecule has 4 nitrogen and oxygen atoms in total. The Morgan fingerprint density at radius 2 is 1.92 bits per heavy atom. The van der Waals surface area contributed by atoms with E-state index in [4.69, 9.17) is 10.2 Å². The van der Waals surface area contributed by atoms with E-state index in [1.807, 2.05) is 6.92 Å². The molecule has 4 heteroatoms. The zero-order valence-corrected chi connectivity index (χ0v) is 7.74. The minimum absolute atomic E-state index is 0.171. The molecule has 0 aliphatic heterocycles. The number of rotatable bonds is 3. The van der Waals surface area contributed by atoms with Gasteiger partial charge in [0.05, 0.1) is 6.04 Å². The SMILES string of the molecule is CCC(C)c1nnc(C(C)N)o1. The molecule has 2 unspecified atom stereocenters. The molecule has 0 aliphatic carbocycles. The highest BCUT2D eigenvalue weighted by Gasteiger charge is 2.13. The van der Waals surface area contributed by atoms with E-state index in [1.165, 1.54) is 0 Å². The zero-order valence-electron chi connectivity index (χ0n) is 7.74. The smallest absolute Gasteiger partial charge is 0.232 e. The highest BCUT2D eigenvalue weighted by atomic mass is 16.4. The van der Waals surface area contributed by atoms with Gasteiger partial charge in [-0.05, 0) is 13.3 Å². The van der Waals surface area contributed by atoms with E-state index in [9.17, 15) is 0 Å². The topological polar surface area (TPSA) is 64.9 Å². The molecule has 1 heterocycles. The molecule has 1 rings (SSSR count). The van der Waals surface area contributed by atoms with Gasteiger partial charge in [0, 0.05) is 5.92 Å². The fourth-order valence-corrected chi connectivity index (χ4v) is 0.804. The van der Waals surface area contributed by atoms with Gasteiger partial charge in [-0.3, -0.25) is 0 Å². The summed E-state index contributed by atoms with van der Waals surface area (Å²) in [7, 11) is 0. The molecule has 0 aliphatic rings. The van der Waals surface area contributed by atoms with Crippen molar-refractivity contribution in [3.8, 4) is 0 Å². The van der Waals surface area contributed by atoms with Crippen LogP contribution in [0.5, 0.6) is 0 Å². The van der Waals surface area contributed by atoms with Crippen molar-refractivity contribution in [1.82, 2.24) is 10.2 Å². The van der Waals surface area contributed by atoms with E-state index in [0.29, 0.717) is 17.7 Å². The summed E-state index contributed by atoms with van der Waals surface area (Å²) >= 11 is 0. The van der Waals surface area contributed by atoms with Crippen LogP contribution in [0.4, 0.5) is 0 Å². The second kappa shape index (κ2) is 3.67. The molecule has 0 saturated carbocycles. The average molecular weight is 169 g/mol. The predicted octanol–water partition coefficient (Wildman–Crippen LogP) is 1.60. The summed E-state index contributed by atoms with van der Waals surface area (Å²) in [4.78, 5) is 0. The molecule has 0 bridgehead atoms. The molecule has 2 N–H and O–H groups in total. The molecular formula is C8H15N3O. The summed E-state index contributed by atoms with van der Waals surface area (Å²) in [6.45, 7) is 5.97. The van der Waals surface area contributed by atoms with Crippen molar-refractivity contribution in [3.05, 3.63) is 11.8 Å². The Bertz CT molecular complexity index is 244. The molecule has 68 valence electrons. The first-order valence-corrected chi connectivity index (χ1v) is 4.24. The van der Waals surface area contributed by atoms with E-state index >= 15 is 0 Å². The normalized spacial score (nSPS) is 16.0. The average Bonchev–Trinajstić information content (AvgIpc) is 2.51. The second-order valence-electron chi connectivity index (χ2n) is 3.08. The van der Waals surface area contributed by atoms with Gasteiger partial charge in [0.25, 0.3) is 0 Å². The summed E-state index contributed by atoms with van der Waals surface area (Å²) in [5.41, 5.74) is 5.57. The lowest BCUT2D eigenvalue weighted by molar-refractivity contribution is 0.402. The van der Waals surface area contributed by atoms with Gasteiger partial charge in [-0.1, -0.05) is 13.8 Å². The van der Waals surface area contributed by atoms with Crippen molar-refractivity contribution in [1.29, 1.82) is 0 Å². The van der Waals surface area contributed by atoms with Crippen LogP contribution in [0.3, 0.4) is 0 Å². The van der Waals surface area contributed by atoms with Crippen LogP contribution in [0.15, 0.2) is 4.42 Å². The summed E-state index contributed by atoms with van der Waals surface area (Å²) < 4.78 is 5.35. The maximum Gasteiger partial charge on any atom is 0.232 e. The van der Waals surface area contributed by atoms with E-state index in [0.717, 1.165) is 6.42 Å². The number of hydrogen-bond acceptors (Lipinski definition) is 4. The molecule has 0 spiro atoms. The molecule has 0 fully saturated rings. The van der Waals surface area contributed by atoms with Crippen LogP contribution in [-0.2, 0) is 0 Å². The van der Waals surface area contributed by atoms with Crippen molar-refractivity contribution >= 4 is 0 Å². The monoisotopic (exact) mass is 169 g/mol. The molecule has 1 aromatic heterocycles. The highest BCUT2D eigenvalue weighted by molar-refractivity contribution is 4.91. The summed E-state index contributed by atoms with van der Waals surface area (Å²) in [6, 6.07) is -0.171. The fraction of sp³-hybridized carbons (Fsp3) is 0.750. The first-order chi connectivity index (χ1) is 5.65. The van der Waals surface area contributed by atoms with Crippen LogP contribution in [0.25, 0.3) is 0 Å². The van der Waals surface area contributed by atoms with Gasteiger partial charge in [-0.15, -0.1) is 10.2 Å². The molecule has 12 heavy (non-hydrogen) atoms. The Kier molecular flexibility index (Phi) is 2.81. The second-order valence-corrected chi connectivity index (χ2v) is 3.08. The Hall–Kier alpha value is -0.900. The van der Waals surface area contributed by atoms with Crippen LogP contribution in [0.2, 0.25) is 0 Å². The number of hydrogen-bond donors (Lipinski definition) is 1. The van der Waals surface area contributed by atoms with Gasteiger partial charge in [-0.2, -0.15) is 0 Å². The van der Waals surface area contributed by atoms with Crippen molar-refractivity contribution < 1.29 is 4.42 Å². The minimum atomic E-state index is -0.171. The molecule has 2 atom stereocenters. The van der Waals surface area contributed by atoms with Crippen LogP contribution in [-0.4, -0.2) is 10.2 Å². The standard InChI is InChI=1S/C8H15N3O/c1-4-5(2)7-10-11-8(12-7)6(3)9/h5-6H,4,9H2,1-3H3. The largest absolute Gasteiger partial charge is 0.423 e. The lowest BCUT2D eigenvalue weighted by Crippen LogP contribution is -2.04. The first kappa shape index (κ1) is 9.19. The van der Waals surface area contributed by atoms with Gasteiger partial charge >= 0.3 is 0 Å². The minimum Gasteiger partial charge on any atom is -0.423 e. The molecule has 1 aromatic rings. The molecule has 0 amide bonds. The van der Waals surface area contributed by atoms with Crippen molar-refractivity contribution in [2.24, 2.45) is 5.73 Å². The van der Waals surface area contributed by atoms with Gasteiger partial charge in [0.2, 0.25) is 11.8 Å². The Morgan fingerprint density at radius 1 is 1.33 bits per heavy atom. The van der Waals surface area contributed by atoms with Gasteiger partial charge < -0.3 is 10.2 Å². The van der Waals surface area contributed by atoms with Crippen molar-refractivity contribution in [2.75, 3.05) is 0 Å². The number of nitrogens with two attached hydrogens (primary N) is 1. The Balaban J connectivity index is 2.77. The fourth-order valence-electron chi connectivity index (χ4n) is 0.804. The third-order valence-electron chi connectivity index (χ3n) is 1.88. The third kappa shape index (κ3) is 1.82. The first-order valence-electron chi connectivity index (χ1n) is 4.24. The van der Waals surface area contributed by atoms with E-state index < -0.39 is 0 Å². The van der Waals surface area contributed by atoms with E-state index in [-0.39, 0.29) is 6.04 Å². The molecular weight excluding hydrogens is 154 g/mol. The maximum atomic E-state index is 5.57. The quantitative estimate of drug-likeness (QED) is 0.746. The van der Waals surface area contributed by atoms with Crippen LogP contribution in [0.1, 0.15) is 50.9 Å². The van der Waals surface area contributed by atoms with Crippen LogP contribution < -0.4 is 5.73 Å². The number of aromatic nitrogens is 2. The van der Waals surface area contributed by atoms with E-state index in [1.54, 1.807) is 0 Å². The number of nitrogens with zero attached hydrogens (tertiary/aromatic N) is 2. The molecule has 0 aromatic carbocycles. The lowest BCUT2D eigenvalue weighted by atomic mass is 10.1. The summed E-state index contributed by atoms with van der Waals surface area (Å²) in [5.74, 6) is 1.53. The molecule has 0 radical (unpaired) electrons. The van der Waals surface area contributed by atoms with Gasteiger partial charge in [0.15, 0.2) is 0 Å². The summed E-state index contributed by atoms with van der Waals surface area (Å²) in [6.07, 6.45) is 1.00. The van der Waals surface area contributed by atoms with Crippen molar-refractivity contribution in [3.63, 3.8) is 0 Å². The lowest BCUT2D eigenvalue weighted by Gasteiger charge is -2.00. The summed E-state index contributed by atoms with van der Waals surface area (Å²) in [5, 5.41) is 7.75. The zero-order chi connectivity index (χ0) is 9.14. The van der Waals surface area contributed by atoms with E-state index in [2.05, 4.69) is 24.0 Å². The van der Waals surface area contributed by atoms with Crippen molar-refractivity contribution in [2.45, 2.75) is 39.2 Å². The molecule has 0 saturated heterocycles. The van der Waals surface area contributed by atoms with Crippen LogP contribution >= 0.6 is 0 Å². The Labute approximate surface area is 72.2 Å². The predicted molar refractivity (Wildman–Crippen MR) is 45.6 cm³/mol. The maximum absolute atomic E-state index is 5.57. The van der Waals surface area contributed by atoms with Gasteiger partial charge in [-0.25, -0.2) is 0 Å².